The van der Waals surface area contributed by atoms with Gasteiger partial charge in [0.2, 0.25) is 0 Å². The molecule has 0 bridgehead atoms. The Bertz CT molecular complexity index is 1060. The monoisotopic (exact) mass is 588 g/mol. The van der Waals surface area contributed by atoms with E-state index in [2.05, 4.69) is 98.8 Å². The summed E-state index contributed by atoms with van der Waals surface area (Å²) >= 11 is 0. The van der Waals surface area contributed by atoms with Crippen molar-refractivity contribution in [2.75, 3.05) is 13.3 Å². The molecule has 1 aliphatic carbocycles. The molecule has 0 heterocycles. The number of benzene rings is 3. The molecule has 0 atom stereocenters. The minimum absolute atomic E-state index is 0. The molecule has 0 N–H and O–H groups in total. The smallest absolute Gasteiger partial charge is 0 e. The topological polar surface area (TPSA) is 0 Å². The van der Waals surface area contributed by atoms with Crippen LogP contribution in [-0.4, -0.2) is 13.3 Å². The largest absolute Gasteiger partial charge is 0.179 e. The minimum atomic E-state index is 0. The van der Waals surface area contributed by atoms with Gasteiger partial charge in [-0.05, 0) is 26.7 Å². The molecule has 2 heteroatoms. The van der Waals surface area contributed by atoms with Crippen LogP contribution in [0.15, 0.2) is 104 Å². The molecule has 5 rings (SSSR count). The van der Waals surface area contributed by atoms with Gasteiger partial charge in [-0.2, -0.15) is 35.9 Å². The van der Waals surface area contributed by atoms with Crippen LogP contribution in [0.2, 0.25) is 0 Å². The van der Waals surface area contributed by atoms with E-state index in [9.17, 15) is 0 Å². The Balaban J connectivity index is 0.000000178. The Morgan fingerprint density at radius 2 is 1.68 bits per heavy atom. The molecule has 0 unspecified atom stereocenters. The molecular weight excluding hydrogens is 558 g/mol. The third kappa shape index (κ3) is 6.76. The molecule has 156 valence electrons. The summed E-state index contributed by atoms with van der Waals surface area (Å²) < 4.78 is 0. The van der Waals surface area contributed by atoms with E-state index in [0.717, 1.165) is 6.42 Å². The maximum absolute atomic E-state index is 3.46. The summed E-state index contributed by atoms with van der Waals surface area (Å²) in [6.45, 7) is 10.0. The first kappa shape index (κ1) is 25.3. The number of hydrogen-bond acceptors (Lipinski definition) is 0. The van der Waals surface area contributed by atoms with Gasteiger partial charge in [0.15, 0.2) is 0 Å². The fourth-order valence-corrected chi connectivity index (χ4v) is 4.32. The molecule has 0 nitrogen and oxygen atoms in total. The molecule has 0 spiro atoms. The van der Waals surface area contributed by atoms with Crippen molar-refractivity contribution in [1.29, 1.82) is 0 Å². The molecule has 1 aliphatic rings. The third-order valence-electron chi connectivity index (χ3n) is 5.06. The van der Waals surface area contributed by atoms with Crippen LogP contribution in [0.1, 0.15) is 18.1 Å². The zero-order chi connectivity index (χ0) is 21.3. The second-order valence-corrected chi connectivity index (χ2v) is 9.70. The molecule has 31 heavy (non-hydrogen) atoms. The Kier molecular flexibility index (Phi) is 10.4. The van der Waals surface area contributed by atoms with Crippen molar-refractivity contribution in [3.05, 3.63) is 121 Å². The van der Waals surface area contributed by atoms with Gasteiger partial charge >= 0.3 is 0 Å². The van der Waals surface area contributed by atoms with Crippen molar-refractivity contribution in [2.24, 2.45) is 0 Å². The van der Waals surface area contributed by atoms with Crippen LogP contribution in [0.3, 0.4) is 0 Å². The van der Waals surface area contributed by atoms with Gasteiger partial charge in [-0.3, -0.25) is 0 Å². The first-order valence-corrected chi connectivity index (χ1v) is 12.5. The van der Waals surface area contributed by atoms with Crippen molar-refractivity contribution in [2.45, 2.75) is 13.3 Å². The normalized spacial score (nSPS) is 11.0. The van der Waals surface area contributed by atoms with Crippen LogP contribution in [-0.2, 0) is 32.3 Å². The van der Waals surface area contributed by atoms with Gasteiger partial charge < -0.3 is 0 Å². The van der Waals surface area contributed by atoms with E-state index in [1.54, 1.807) is 6.08 Å². The number of rotatable bonds is 2. The van der Waals surface area contributed by atoms with Gasteiger partial charge in [0.25, 0.3) is 0 Å². The third-order valence-corrected chi connectivity index (χ3v) is 6.36. The van der Waals surface area contributed by atoms with Gasteiger partial charge in [0.05, 0.1) is 0 Å². The van der Waals surface area contributed by atoms with Crippen LogP contribution in [0.25, 0.3) is 21.9 Å². The first-order valence-electron chi connectivity index (χ1n) is 10.3. The van der Waals surface area contributed by atoms with Crippen LogP contribution in [0.4, 0.5) is 0 Å². The van der Waals surface area contributed by atoms with E-state index in [1.165, 1.54) is 38.3 Å². The predicted molar refractivity (Wildman–Crippen MR) is 136 cm³/mol. The SMILES string of the molecule is C=CC=CC.CP(C)c1cc2ccccc2[cH-]1.[Hf].[c-]1cccc2c1Cc1ccccc1-2. The summed E-state index contributed by atoms with van der Waals surface area (Å²) in [6, 6.07) is 31.3. The maximum atomic E-state index is 3.46. The average Bonchev–Trinajstić information content (AvgIpc) is 3.37. The van der Waals surface area contributed by atoms with Crippen molar-refractivity contribution in [1.82, 2.24) is 0 Å². The van der Waals surface area contributed by atoms with Crippen molar-refractivity contribution in [3.63, 3.8) is 0 Å². The summed E-state index contributed by atoms with van der Waals surface area (Å²) in [5.41, 5.74) is 5.51. The number of fused-ring (bicyclic) bond motifs is 4. The number of hydrogen-bond donors (Lipinski definition) is 0. The summed E-state index contributed by atoms with van der Waals surface area (Å²) in [4.78, 5) is 0. The molecule has 0 aliphatic heterocycles. The minimum Gasteiger partial charge on any atom is -0.179 e. The Morgan fingerprint density at radius 1 is 0.968 bits per heavy atom. The second kappa shape index (κ2) is 12.8. The molecule has 0 radical (unpaired) electrons. The van der Waals surface area contributed by atoms with Gasteiger partial charge in [0.1, 0.15) is 0 Å². The molecular formula is C29H29HfP-2. The van der Waals surface area contributed by atoms with E-state index in [0.29, 0.717) is 0 Å². The standard InChI is InChI=1S/C13H9.C11H12P.C5H8.Hf/c1-3-7-12-10(5-1)9-11-6-2-4-8-13(11)12;1-12(2)11-7-9-5-3-4-6-10(9)8-11;1-3-5-4-2;/h1-5,7-8H,9H2;3-8H,1-2H3;3-5H,1H2,2H3;/q2*-1;;. The molecule has 0 saturated carbocycles. The van der Waals surface area contributed by atoms with Gasteiger partial charge in [-0.25, -0.2) is 0 Å². The summed E-state index contributed by atoms with van der Waals surface area (Å²) in [5, 5.41) is 4.26. The van der Waals surface area contributed by atoms with E-state index in [1.807, 2.05) is 25.1 Å². The Labute approximate surface area is 207 Å². The van der Waals surface area contributed by atoms with E-state index in [4.69, 9.17) is 0 Å². The zero-order valence-electron chi connectivity index (χ0n) is 18.6. The first-order chi connectivity index (χ1) is 14.6. The Hall–Kier alpha value is -1.95. The van der Waals surface area contributed by atoms with Crippen LogP contribution in [0, 0.1) is 6.07 Å². The molecule has 0 aromatic heterocycles. The summed E-state index contributed by atoms with van der Waals surface area (Å²) in [6.07, 6.45) is 6.62. The van der Waals surface area contributed by atoms with Crippen LogP contribution >= 0.6 is 7.92 Å². The van der Waals surface area contributed by atoms with E-state index >= 15 is 0 Å². The van der Waals surface area contributed by atoms with Gasteiger partial charge in [-0.15, -0.1) is 53.8 Å². The van der Waals surface area contributed by atoms with Crippen molar-refractivity contribution >= 4 is 24.0 Å². The maximum Gasteiger partial charge on any atom is 0 e. The van der Waals surface area contributed by atoms with Crippen LogP contribution < -0.4 is 5.30 Å². The van der Waals surface area contributed by atoms with Crippen molar-refractivity contribution in [3.8, 4) is 11.1 Å². The summed E-state index contributed by atoms with van der Waals surface area (Å²) in [7, 11) is 0.0576. The van der Waals surface area contributed by atoms with E-state index < -0.39 is 0 Å². The predicted octanol–water partition coefficient (Wildman–Crippen LogP) is 7.73. The molecule has 4 aromatic carbocycles. The van der Waals surface area contributed by atoms with E-state index in [-0.39, 0.29) is 33.8 Å². The molecule has 4 aromatic rings. The average molecular weight is 587 g/mol. The fourth-order valence-electron chi connectivity index (χ4n) is 3.53. The van der Waals surface area contributed by atoms with Crippen LogP contribution in [0.5, 0.6) is 0 Å². The Morgan fingerprint density at radius 3 is 2.35 bits per heavy atom. The fraction of sp³-hybridized carbons (Fsp3) is 0.138. The number of allylic oxidation sites excluding steroid dienone is 3. The van der Waals surface area contributed by atoms with Gasteiger partial charge in [0, 0.05) is 25.8 Å². The zero-order valence-corrected chi connectivity index (χ0v) is 23.1. The van der Waals surface area contributed by atoms with Gasteiger partial charge in [-0.1, -0.05) is 66.3 Å². The molecule has 0 fully saturated rings. The van der Waals surface area contributed by atoms with Crippen molar-refractivity contribution < 1.29 is 25.8 Å². The molecule has 0 saturated heterocycles. The quantitative estimate of drug-likeness (QED) is 0.0859. The summed E-state index contributed by atoms with van der Waals surface area (Å²) in [5.74, 6) is 0. The molecule has 0 amide bonds. The second-order valence-electron chi connectivity index (χ2n) is 7.39.